The maximum absolute atomic E-state index is 13.2. The predicted molar refractivity (Wildman–Crippen MR) is 113 cm³/mol. The van der Waals surface area contributed by atoms with Crippen molar-refractivity contribution < 1.29 is 4.79 Å². The van der Waals surface area contributed by atoms with Crippen LogP contribution >= 0.6 is 0 Å². The number of hydrogen-bond donors (Lipinski definition) is 2. The summed E-state index contributed by atoms with van der Waals surface area (Å²) >= 11 is 0. The number of amides is 1. The third kappa shape index (κ3) is 3.18. The van der Waals surface area contributed by atoms with Gasteiger partial charge in [0.25, 0.3) is 11.3 Å². The van der Waals surface area contributed by atoms with Crippen LogP contribution in [0.4, 0.5) is 0 Å². The van der Waals surface area contributed by atoms with Crippen LogP contribution < -0.4 is 5.56 Å². The number of aromatic amines is 2. The summed E-state index contributed by atoms with van der Waals surface area (Å²) < 4.78 is 1.32. The van der Waals surface area contributed by atoms with Crippen molar-refractivity contribution in [3.05, 3.63) is 64.0 Å². The third-order valence-electron chi connectivity index (χ3n) is 6.05. The molecule has 1 atom stereocenters. The molecule has 30 heavy (non-hydrogen) atoms. The monoisotopic (exact) mass is 404 g/mol. The molecule has 0 spiro atoms. The second-order valence-corrected chi connectivity index (χ2v) is 7.91. The summed E-state index contributed by atoms with van der Waals surface area (Å²) in [6.07, 6.45) is 5.15. The first-order valence-electron chi connectivity index (χ1n) is 10.4. The molecule has 1 unspecified atom stereocenters. The van der Waals surface area contributed by atoms with E-state index in [0.717, 1.165) is 42.4 Å². The highest BCUT2D eigenvalue weighted by molar-refractivity contribution is 5.81. The largest absolute Gasteiger partial charge is 0.357 e. The lowest BCUT2D eigenvalue weighted by Gasteiger charge is -2.35. The Bertz CT molecular complexity index is 1250. The molecule has 0 saturated carbocycles. The molecule has 2 N–H and O–H groups in total. The first kappa shape index (κ1) is 18.6. The molecule has 1 aliphatic rings. The number of carbonyl (C=O) groups excluding carboxylic acids is 1. The van der Waals surface area contributed by atoms with E-state index in [-0.39, 0.29) is 23.9 Å². The van der Waals surface area contributed by atoms with Gasteiger partial charge in [0.15, 0.2) is 0 Å². The van der Waals surface area contributed by atoms with Crippen LogP contribution in [-0.2, 0) is 11.2 Å². The average molecular weight is 404 g/mol. The summed E-state index contributed by atoms with van der Waals surface area (Å²) in [5, 5.41) is 3.94. The van der Waals surface area contributed by atoms with E-state index >= 15 is 0 Å². The topological polar surface area (TPSA) is 99.2 Å². The highest BCUT2D eigenvalue weighted by atomic mass is 16.2. The first-order chi connectivity index (χ1) is 14.6. The fourth-order valence-corrected chi connectivity index (χ4v) is 4.49. The molecule has 8 nitrogen and oxygen atoms in total. The maximum Gasteiger partial charge on any atom is 0.277 e. The molecule has 0 radical (unpaired) electrons. The van der Waals surface area contributed by atoms with Gasteiger partial charge in [-0.15, -0.1) is 0 Å². The highest BCUT2D eigenvalue weighted by Crippen LogP contribution is 2.32. The number of H-pyrrole nitrogens is 2. The predicted octanol–water partition coefficient (Wildman–Crippen LogP) is 2.89. The zero-order valence-electron chi connectivity index (χ0n) is 16.9. The minimum atomic E-state index is -0.186. The van der Waals surface area contributed by atoms with E-state index in [2.05, 4.69) is 38.2 Å². The number of rotatable bonds is 4. The lowest BCUT2D eigenvalue weighted by molar-refractivity contribution is -0.135. The van der Waals surface area contributed by atoms with Crippen LogP contribution in [0.25, 0.3) is 16.7 Å². The number of aromatic nitrogens is 5. The van der Waals surface area contributed by atoms with Gasteiger partial charge in [-0.2, -0.15) is 4.52 Å². The molecule has 1 fully saturated rings. The van der Waals surface area contributed by atoms with Crippen LogP contribution in [0.3, 0.4) is 0 Å². The van der Waals surface area contributed by atoms with E-state index in [1.165, 1.54) is 10.8 Å². The molecule has 1 saturated heterocycles. The molecular formula is C22H24N6O2. The van der Waals surface area contributed by atoms with Crippen molar-refractivity contribution in [1.82, 2.24) is 29.5 Å². The number of para-hydroxylation sites is 1. The highest BCUT2D eigenvalue weighted by Gasteiger charge is 2.29. The Balaban J connectivity index is 1.37. The zero-order valence-corrected chi connectivity index (χ0v) is 16.9. The Labute approximate surface area is 172 Å². The van der Waals surface area contributed by atoms with E-state index < -0.39 is 0 Å². The molecule has 0 bridgehead atoms. The number of piperidine rings is 1. The standard InChI is InChI=1S/C22H24N6O2/c1-14-16(21(30)28-22(25-14)23-13-24-28)9-10-20(29)27-11-5-4-8-19(27)18-12-15-6-2-3-7-17(15)26-18/h2-3,6-7,12-13,19,26H,4-5,8-11H2,1H3,(H,23,24,25). The van der Waals surface area contributed by atoms with Gasteiger partial charge in [-0.05, 0) is 50.1 Å². The number of benzene rings is 1. The van der Waals surface area contributed by atoms with Gasteiger partial charge < -0.3 is 9.88 Å². The van der Waals surface area contributed by atoms with Crippen molar-refractivity contribution in [3.8, 4) is 0 Å². The van der Waals surface area contributed by atoms with Crippen LogP contribution in [0.1, 0.15) is 48.7 Å². The van der Waals surface area contributed by atoms with Crippen LogP contribution in [0.5, 0.6) is 0 Å². The Kier molecular flexibility index (Phi) is 4.61. The number of nitrogens with one attached hydrogen (secondary N) is 2. The van der Waals surface area contributed by atoms with Crippen molar-refractivity contribution >= 4 is 22.6 Å². The number of aryl methyl sites for hydroxylation is 1. The van der Waals surface area contributed by atoms with Crippen LogP contribution in [0, 0.1) is 6.92 Å². The number of likely N-dealkylation sites (tertiary alicyclic amines) is 1. The van der Waals surface area contributed by atoms with Gasteiger partial charge in [-0.1, -0.05) is 18.2 Å². The Morgan fingerprint density at radius 1 is 1.27 bits per heavy atom. The average Bonchev–Trinajstić information content (AvgIpc) is 3.40. The molecule has 154 valence electrons. The first-order valence-corrected chi connectivity index (χ1v) is 10.4. The molecule has 3 aromatic heterocycles. The Hall–Kier alpha value is -3.42. The van der Waals surface area contributed by atoms with Crippen molar-refractivity contribution in [3.63, 3.8) is 0 Å². The molecular weight excluding hydrogens is 380 g/mol. The van der Waals surface area contributed by atoms with Gasteiger partial charge in [0, 0.05) is 29.7 Å². The molecule has 5 rings (SSSR count). The quantitative estimate of drug-likeness (QED) is 0.546. The molecule has 1 amide bonds. The summed E-state index contributed by atoms with van der Waals surface area (Å²) in [6.45, 7) is 2.54. The second-order valence-electron chi connectivity index (χ2n) is 7.91. The van der Waals surface area contributed by atoms with Gasteiger partial charge >= 0.3 is 0 Å². The van der Waals surface area contributed by atoms with E-state index in [1.54, 1.807) is 6.92 Å². The van der Waals surface area contributed by atoms with Crippen molar-refractivity contribution in [2.24, 2.45) is 0 Å². The minimum Gasteiger partial charge on any atom is -0.357 e. The number of carbonyl (C=O) groups is 1. The SMILES string of the molecule is Cc1nc2nc[nH]n2c(=O)c1CCC(=O)N1CCCCC1c1cc2ccccc2[nH]1. The van der Waals surface area contributed by atoms with Gasteiger partial charge in [0.2, 0.25) is 5.91 Å². The van der Waals surface area contributed by atoms with Crippen LogP contribution in [0.15, 0.2) is 41.5 Å². The Morgan fingerprint density at radius 3 is 3.00 bits per heavy atom. The normalized spacial score (nSPS) is 17.1. The van der Waals surface area contributed by atoms with E-state index in [9.17, 15) is 9.59 Å². The molecule has 1 aromatic carbocycles. The lowest BCUT2D eigenvalue weighted by Crippen LogP contribution is -2.39. The lowest BCUT2D eigenvalue weighted by atomic mass is 9.98. The van der Waals surface area contributed by atoms with Gasteiger partial charge in [-0.3, -0.25) is 14.7 Å². The van der Waals surface area contributed by atoms with Crippen molar-refractivity contribution in [2.75, 3.05) is 6.54 Å². The van der Waals surface area contributed by atoms with E-state index in [1.807, 2.05) is 17.0 Å². The summed E-state index contributed by atoms with van der Waals surface area (Å²) in [7, 11) is 0. The summed E-state index contributed by atoms with van der Waals surface area (Å²) in [6, 6.07) is 10.4. The van der Waals surface area contributed by atoms with Crippen molar-refractivity contribution in [1.29, 1.82) is 0 Å². The smallest absolute Gasteiger partial charge is 0.277 e. The molecule has 4 aromatic rings. The van der Waals surface area contributed by atoms with Crippen molar-refractivity contribution in [2.45, 2.75) is 45.1 Å². The van der Waals surface area contributed by atoms with Crippen LogP contribution in [-0.4, -0.2) is 41.9 Å². The van der Waals surface area contributed by atoms with E-state index in [4.69, 9.17) is 0 Å². The number of nitrogens with zero attached hydrogens (tertiary/aromatic N) is 4. The summed E-state index contributed by atoms with van der Waals surface area (Å²) in [5.74, 6) is 0.425. The molecule has 8 heteroatoms. The Morgan fingerprint density at radius 2 is 2.13 bits per heavy atom. The van der Waals surface area contributed by atoms with Crippen LogP contribution in [0.2, 0.25) is 0 Å². The fourth-order valence-electron chi connectivity index (χ4n) is 4.49. The zero-order chi connectivity index (χ0) is 20.7. The molecule has 0 aliphatic carbocycles. The minimum absolute atomic E-state index is 0.0501. The summed E-state index contributed by atoms with van der Waals surface area (Å²) in [4.78, 5) is 39.7. The maximum atomic E-state index is 13.2. The summed E-state index contributed by atoms with van der Waals surface area (Å²) in [5.41, 5.74) is 3.18. The number of fused-ring (bicyclic) bond motifs is 2. The van der Waals surface area contributed by atoms with E-state index in [0.29, 0.717) is 23.5 Å². The van der Waals surface area contributed by atoms with Gasteiger partial charge in [-0.25, -0.2) is 9.97 Å². The molecule has 1 aliphatic heterocycles. The van der Waals surface area contributed by atoms with Gasteiger partial charge in [0.1, 0.15) is 6.33 Å². The number of hydrogen-bond acceptors (Lipinski definition) is 4. The molecule has 4 heterocycles. The third-order valence-corrected chi connectivity index (χ3v) is 6.05. The fraction of sp³-hybridized carbons (Fsp3) is 0.364. The second kappa shape index (κ2) is 7.44. The van der Waals surface area contributed by atoms with Gasteiger partial charge in [0.05, 0.1) is 11.7 Å².